The van der Waals surface area contributed by atoms with Gasteiger partial charge in [-0.25, -0.2) is 4.79 Å². The lowest BCUT2D eigenvalue weighted by Crippen LogP contribution is -2.16. The number of aliphatic carboxylic acids is 1. The largest absolute Gasteiger partial charge is 0.478 e. The first-order valence-corrected chi connectivity index (χ1v) is 6.61. The summed E-state index contributed by atoms with van der Waals surface area (Å²) >= 11 is 0. The molecule has 0 rings (SSSR count). The molecule has 0 aliphatic rings. The van der Waals surface area contributed by atoms with Crippen LogP contribution in [-0.2, 0) is 19.4 Å². The van der Waals surface area contributed by atoms with E-state index in [0.717, 1.165) is 26.6 Å². The highest BCUT2D eigenvalue weighted by Gasteiger charge is 1.94. The van der Waals surface area contributed by atoms with E-state index in [9.17, 15) is 13.2 Å². The Morgan fingerprint density at radius 3 is 1.79 bits per heavy atom. The van der Waals surface area contributed by atoms with Crippen LogP contribution in [0.15, 0.2) is 12.2 Å². The maximum absolute atomic E-state index is 9.60. The zero-order valence-corrected chi connectivity index (χ0v) is 12.6. The van der Waals surface area contributed by atoms with E-state index in [1.807, 2.05) is 0 Å². The van der Waals surface area contributed by atoms with Gasteiger partial charge in [0.25, 0.3) is 0 Å². The Bertz CT molecular complexity index is 328. The lowest BCUT2D eigenvalue weighted by atomic mass is 10.4. The molecule has 0 atom stereocenters. The van der Waals surface area contributed by atoms with E-state index in [1.54, 1.807) is 0 Å². The number of carbonyl (C=O) groups is 1. The van der Waals surface area contributed by atoms with Crippen LogP contribution in [0.3, 0.4) is 0 Å². The van der Waals surface area contributed by atoms with Gasteiger partial charge in [0.2, 0.25) is 0 Å². The van der Waals surface area contributed by atoms with Gasteiger partial charge in [-0.3, -0.25) is 8.74 Å². The van der Waals surface area contributed by atoms with Crippen LogP contribution in [0.1, 0.15) is 13.3 Å². The summed E-state index contributed by atoms with van der Waals surface area (Å²) in [4.78, 5) is 11.7. The van der Waals surface area contributed by atoms with Crippen molar-refractivity contribution < 1.29 is 27.1 Å². The van der Waals surface area contributed by atoms with E-state index in [1.165, 1.54) is 6.92 Å². The topological polar surface area (TPSA) is 130 Å². The van der Waals surface area contributed by atoms with Crippen LogP contribution in [0.2, 0.25) is 0 Å². The van der Waals surface area contributed by atoms with Gasteiger partial charge in [-0.2, -0.15) is 8.42 Å². The van der Waals surface area contributed by atoms with Gasteiger partial charge in [0, 0.05) is 5.57 Å². The minimum atomic E-state index is -4.16. The number of nitrogens with zero attached hydrogens (tertiary/aromatic N) is 1. The molecule has 0 aromatic carbocycles. The van der Waals surface area contributed by atoms with Crippen LogP contribution >= 0.6 is 0 Å². The van der Waals surface area contributed by atoms with Crippen molar-refractivity contribution in [1.82, 2.24) is 4.90 Å². The van der Waals surface area contributed by atoms with Crippen LogP contribution < -0.4 is 5.73 Å². The second-order valence-electron chi connectivity index (χ2n) is 3.63. The first-order valence-electron chi connectivity index (χ1n) is 5.24. The van der Waals surface area contributed by atoms with Gasteiger partial charge in [-0.05, 0) is 40.5 Å². The average Bonchev–Trinajstić information content (AvgIpc) is 2.26. The number of nitrogens with two attached hydrogens (primary N) is 1. The van der Waals surface area contributed by atoms with Crippen LogP contribution in [-0.4, -0.2) is 63.2 Å². The quantitative estimate of drug-likeness (QED) is 0.477. The normalized spacial score (nSPS) is 9.84. The molecule has 4 N–H and O–H groups in total. The molecule has 0 saturated carbocycles. The molecular formula is C10H24N2O6S. The fraction of sp³-hybridized carbons (Fsp3) is 0.700. The highest BCUT2D eigenvalue weighted by molar-refractivity contribution is 7.80. The van der Waals surface area contributed by atoms with Crippen LogP contribution in [0.25, 0.3) is 0 Å². The van der Waals surface area contributed by atoms with Gasteiger partial charge in [-0.1, -0.05) is 6.58 Å². The summed E-state index contributed by atoms with van der Waals surface area (Å²) < 4.78 is 29.7. The Balaban J connectivity index is -0.000000203. The molecule has 0 fully saturated rings. The molecule has 0 saturated heterocycles. The van der Waals surface area contributed by atoms with Crippen molar-refractivity contribution in [2.24, 2.45) is 5.73 Å². The molecule has 0 radical (unpaired) electrons. The Labute approximate surface area is 114 Å². The maximum Gasteiger partial charge on any atom is 0.397 e. The minimum absolute atomic E-state index is 0.176. The third-order valence-corrected chi connectivity index (χ3v) is 1.81. The molecule has 19 heavy (non-hydrogen) atoms. The molecule has 0 bridgehead atoms. The lowest BCUT2D eigenvalue weighted by Gasteiger charge is -2.05. The summed E-state index contributed by atoms with van der Waals surface area (Å²) in [7, 11) is 0.811. The second-order valence-corrected chi connectivity index (χ2v) is 4.81. The van der Waals surface area contributed by atoms with Gasteiger partial charge >= 0.3 is 16.4 Å². The van der Waals surface area contributed by atoms with Crippen molar-refractivity contribution in [2.75, 3.05) is 34.3 Å². The highest BCUT2D eigenvalue weighted by atomic mass is 32.3. The van der Waals surface area contributed by atoms with E-state index in [2.05, 4.69) is 29.8 Å². The highest BCUT2D eigenvalue weighted by Crippen LogP contribution is 1.81. The van der Waals surface area contributed by atoms with Crippen LogP contribution in [0.4, 0.5) is 0 Å². The number of hydrogen-bond acceptors (Lipinski definition) is 6. The average molecular weight is 300 g/mol. The molecule has 0 spiro atoms. The SMILES string of the molecule is C=C(C)C(=O)O.CN(C)CCCN.COS(=O)(=O)O. The minimum Gasteiger partial charge on any atom is -0.478 e. The standard InChI is InChI=1S/C5H14N2.C4H6O2.CH4O4S/c1-7(2)5-3-4-6;1-3(2)4(5)6;1-5-6(2,3)4/h3-6H2,1-2H3;1H2,2H3,(H,5,6);1H3,(H,2,3,4). The molecule has 0 aromatic rings. The van der Waals surface area contributed by atoms with Crippen LogP contribution in [0, 0.1) is 0 Å². The summed E-state index contributed by atoms with van der Waals surface area (Å²) in [5.74, 6) is -0.935. The lowest BCUT2D eigenvalue weighted by molar-refractivity contribution is -0.132. The predicted molar refractivity (Wildman–Crippen MR) is 73.2 cm³/mol. The zero-order chi connectivity index (χ0) is 16.1. The number of rotatable bonds is 5. The Morgan fingerprint density at radius 1 is 1.42 bits per heavy atom. The maximum atomic E-state index is 9.60. The molecule has 9 heteroatoms. The van der Waals surface area contributed by atoms with Crippen molar-refractivity contribution in [3.63, 3.8) is 0 Å². The molecule has 0 amide bonds. The van der Waals surface area contributed by atoms with Gasteiger partial charge in [-0.15, -0.1) is 0 Å². The first kappa shape index (κ1) is 23.1. The fourth-order valence-corrected chi connectivity index (χ4v) is 0.408. The Morgan fingerprint density at radius 2 is 1.74 bits per heavy atom. The monoisotopic (exact) mass is 300 g/mol. The summed E-state index contributed by atoms with van der Waals surface area (Å²) in [5.41, 5.74) is 5.43. The van der Waals surface area contributed by atoms with E-state index >= 15 is 0 Å². The zero-order valence-electron chi connectivity index (χ0n) is 11.8. The van der Waals surface area contributed by atoms with Crippen molar-refractivity contribution in [3.8, 4) is 0 Å². The van der Waals surface area contributed by atoms with Gasteiger partial charge in [0.1, 0.15) is 0 Å². The van der Waals surface area contributed by atoms with Crippen molar-refractivity contribution >= 4 is 16.4 Å². The molecule has 0 heterocycles. The number of carboxylic acid groups (broad SMARTS) is 1. The summed E-state index contributed by atoms with van der Waals surface area (Å²) in [6.45, 7) is 6.51. The molecular weight excluding hydrogens is 276 g/mol. The third kappa shape index (κ3) is 38.2. The van der Waals surface area contributed by atoms with Gasteiger partial charge in [0.15, 0.2) is 0 Å². The molecule has 116 valence electrons. The number of hydrogen-bond donors (Lipinski definition) is 3. The predicted octanol–water partition coefficient (Wildman–Crippen LogP) is -0.0205. The van der Waals surface area contributed by atoms with E-state index < -0.39 is 16.4 Å². The molecule has 0 aliphatic carbocycles. The Kier molecular flexibility index (Phi) is 16.3. The smallest absolute Gasteiger partial charge is 0.397 e. The van der Waals surface area contributed by atoms with Crippen LogP contribution in [0.5, 0.6) is 0 Å². The number of carboxylic acids is 1. The third-order valence-electron chi connectivity index (χ3n) is 1.39. The molecule has 0 aliphatic heterocycles. The Hall–Kier alpha value is -1.00. The first-order chi connectivity index (χ1) is 8.47. The molecule has 0 aromatic heterocycles. The second kappa shape index (κ2) is 13.4. The van der Waals surface area contributed by atoms with Gasteiger partial charge in [0.05, 0.1) is 7.11 Å². The summed E-state index contributed by atoms with van der Waals surface area (Å²) in [6, 6.07) is 0. The van der Waals surface area contributed by atoms with E-state index in [0.29, 0.717) is 0 Å². The summed E-state index contributed by atoms with van der Waals surface area (Å²) in [6.07, 6.45) is 1.10. The van der Waals surface area contributed by atoms with Crippen molar-refractivity contribution in [3.05, 3.63) is 12.2 Å². The molecule has 0 unspecified atom stereocenters. The van der Waals surface area contributed by atoms with Gasteiger partial charge < -0.3 is 15.7 Å². The summed E-state index contributed by atoms with van der Waals surface area (Å²) in [5, 5.41) is 7.89. The van der Waals surface area contributed by atoms with Crippen molar-refractivity contribution in [1.29, 1.82) is 0 Å². The van der Waals surface area contributed by atoms with Crippen molar-refractivity contribution in [2.45, 2.75) is 13.3 Å². The van der Waals surface area contributed by atoms with E-state index in [4.69, 9.17) is 15.4 Å². The fourth-order valence-electron chi connectivity index (χ4n) is 0.408. The van der Waals surface area contributed by atoms with E-state index in [-0.39, 0.29) is 5.57 Å². The molecule has 8 nitrogen and oxygen atoms in total.